The zero-order valence-corrected chi connectivity index (χ0v) is 14.7. The monoisotopic (exact) mass is 336 g/mol. The number of benzene rings is 1. The Labute approximate surface area is 148 Å². The molecule has 5 aliphatic rings. The number of anilines is 1. The number of para-hydroxylation sites is 1. The fourth-order valence-corrected chi connectivity index (χ4v) is 8.13. The van der Waals surface area contributed by atoms with Gasteiger partial charge in [-0.15, -0.1) is 0 Å². The lowest BCUT2D eigenvalue weighted by molar-refractivity contribution is -0.149. The predicted octanol–water partition coefficient (Wildman–Crippen LogP) is 2.81. The van der Waals surface area contributed by atoms with E-state index in [-0.39, 0.29) is 28.3 Å². The van der Waals surface area contributed by atoms with Crippen molar-refractivity contribution in [2.24, 2.45) is 23.2 Å². The van der Waals surface area contributed by atoms with E-state index >= 15 is 0 Å². The number of ether oxygens (including phenoxy) is 1. The molecular formula is C21H24N2O2. The van der Waals surface area contributed by atoms with Crippen molar-refractivity contribution in [1.29, 1.82) is 0 Å². The third-order valence-corrected chi connectivity index (χ3v) is 8.64. The SMILES string of the molecule is COC(=O)[C@@H]1C[C@@]23C=CN[C@@H]4CC[C@]5(c6ccccc6N[C@@]15[C@H]2C)[C@@H]43. The average molecular weight is 336 g/mol. The fourth-order valence-electron chi connectivity index (χ4n) is 8.13. The molecule has 2 N–H and O–H groups in total. The van der Waals surface area contributed by atoms with E-state index in [1.54, 1.807) is 0 Å². The van der Waals surface area contributed by atoms with Crippen LogP contribution < -0.4 is 10.6 Å². The third-order valence-electron chi connectivity index (χ3n) is 8.64. The highest BCUT2D eigenvalue weighted by Crippen LogP contribution is 2.81. The van der Waals surface area contributed by atoms with Crippen LogP contribution in [0.4, 0.5) is 5.69 Å². The Balaban J connectivity index is 1.69. The van der Waals surface area contributed by atoms with Gasteiger partial charge in [-0.25, -0.2) is 0 Å². The highest BCUT2D eigenvalue weighted by atomic mass is 16.5. The minimum atomic E-state index is -0.223. The topological polar surface area (TPSA) is 50.4 Å². The van der Waals surface area contributed by atoms with Crippen molar-refractivity contribution in [3.8, 4) is 0 Å². The zero-order chi connectivity index (χ0) is 17.0. The average Bonchev–Trinajstić information content (AvgIpc) is 3.29. The maximum Gasteiger partial charge on any atom is 0.311 e. The maximum absolute atomic E-state index is 12.9. The van der Waals surface area contributed by atoms with Gasteiger partial charge in [-0.05, 0) is 43.0 Å². The molecule has 7 atom stereocenters. The number of hydrogen-bond donors (Lipinski definition) is 2. The van der Waals surface area contributed by atoms with Gasteiger partial charge < -0.3 is 15.4 Å². The molecule has 6 rings (SSSR count). The second kappa shape index (κ2) is 4.05. The van der Waals surface area contributed by atoms with Crippen LogP contribution in [0.25, 0.3) is 0 Å². The summed E-state index contributed by atoms with van der Waals surface area (Å²) in [7, 11) is 1.54. The summed E-state index contributed by atoms with van der Waals surface area (Å²) in [5.74, 6) is 0.828. The maximum atomic E-state index is 12.9. The lowest BCUT2D eigenvalue weighted by Gasteiger charge is -2.50. The molecule has 0 amide bonds. The van der Waals surface area contributed by atoms with Crippen LogP contribution in [0.2, 0.25) is 0 Å². The molecule has 4 nitrogen and oxygen atoms in total. The van der Waals surface area contributed by atoms with Crippen LogP contribution in [0.3, 0.4) is 0 Å². The number of rotatable bonds is 1. The van der Waals surface area contributed by atoms with Crippen molar-refractivity contribution in [3.63, 3.8) is 0 Å². The van der Waals surface area contributed by atoms with Crippen LogP contribution in [0.15, 0.2) is 36.5 Å². The van der Waals surface area contributed by atoms with Crippen LogP contribution in [0, 0.1) is 23.2 Å². The van der Waals surface area contributed by atoms with Crippen LogP contribution >= 0.6 is 0 Å². The summed E-state index contributed by atoms with van der Waals surface area (Å²) in [5, 5.41) is 7.57. The second-order valence-electron chi connectivity index (χ2n) is 8.75. The standard InChI is InChI=1S/C21H24N2O2/c1-12-19-9-10-22-16-7-8-20(17(16)19)13-5-3-4-6-15(13)23-21(12,20)14(11-19)18(24)25-2/h3-6,9-10,12,14,16-17,22-23H,7-8,11H2,1-2H3/t12-,14-,16+,17-,19-,20-,21-/m0/s1. The number of fused-ring (bicyclic) bond motifs is 1. The molecule has 3 fully saturated rings. The molecule has 2 heterocycles. The molecular weight excluding hydrogens is 312 g/mol. The van der Waals surface area contributed by atoms with Gasteiger partial charge in [0, 0.05) is 28.5 Å². The van der Waals surface area contributed by atoms with Crippen LogP contribution in [0.1, 0.15) is 31.7 Å². The first-order chi connectivity index (χ1) is 12.1. The fraction of sp³-hybridized carbons (Fsp3) is 0.571. The molecule has 1 aromatic rings. The van der Waals surface area contributed by atoms with E-state index in [0.29, 0.717) is 17.9 Å². The largest absolute Gasteiger partial charge is 0.469 e. The Morgan fingerprint density at radius 3 is 3.00 bits per heavy atom. The van der Waals surface area contributed by atoms with Crippen LogP contribution in [-0.4, -0.2) is 24.7 Å². The minimum absolute atomic E-state index is 0.0303. The normalized spacial score (nSPS) is 49.8. The molecule has 0 radical (unpaired) electrons. The van der Waals surface area contributed by atoms with Gasteiger partial charge in [-0.2, -0.15) is 0 Å². The zero-order valence-electron chi connectivity index (χ0n) is 14.7. The van der Waals surface area contributed by atoms with Crippen molar-refractivity contribution in [2.75, 3.05) is 12.4 Å². The highest BCUT2D eigenvalue weighted by Gasteiger charge is 2.85. The Morgan fingerprint density at radius 2 is 2.16 bits per heavy atom. The first-order valence-corrected chi connectivity index (χ1v) is 9.51. The molecule has 2 bridgehead atoms. The Bertz CT molecular complexity index is 835. The predicted molar refractivity (Wildman–Crippen MR) is 95.0 cm³/mol. The lowest BCUT2D eigenvalue weighted by Crippen LogP contribution is -2.61. The Hall–Kier alpha value is -1.97. The van der Waals surface area contributed by atoms with Gasteiger partial charge >= 0.3 is 5.97 Å². The number of allylic oxidation sites excluding steroid dienone is 1. The van der Waals surface area contributed by atoms with E-state index < -0.39 is 0 Å². The first kappa shape index (κ1) is 14.2. The summed E-state index contributed by atoms with van der Waals surface area (Å²) in [6.45, 7) is 2.37. The van der Waals surface area contributed by atoms with E-state index in [1.807, 2.05) is 0 Å². The van der Waals surface area contributed by atoms with Crippen molar-refractivity contribution in [3.05, 3.63) is 42.1 Å². The number of hydrogen-bond acceptors (Lipinski definition) is 4. The number of methoxy groups -OCH3 is 1. The summed E-state index contributed by atoms with van der Waals surface area (Å²) in [6, 6.07) is 9.27. The molecule has 0 aromatic heterocycles. The molecule has 2 aliphatic heterocycles. The van der Waals surface area contributed by atoms with E-state index in [1.165, 1.54) is 24.8 Å². The van der Waals surface area contributed by atoms with Gasteiger partial charge in [0.15, 0.2) is 0 Å². The molecule has 0 saturated heterocycles. The molecule has 4 heteroatoms. The number of esters is 1. The highest BCUT2D eigenvalue weighted by molar-refractivity contribution is 5.82. The quantitative estimate of drug-likeness (QED) is 0.775. The molecule has 130 valence electrons. The van der Waals surface area contributed by atoms with E-state index in [4.69, 9.17) is 4.74 Å². The number of carbonyl (C=O) groups excluding carboxylic acids is 1. The third kappa shape index (κ3) is 1.17. The summed E-state index contributed by atoms with van der Waals surface area (Å²) >= 11 is 0. The summed E-state index contributed by atoms with van der Waals surface area (Å²) in [5.41, 5.74) is 2.56. The van der Waals surface area contributed by atoms with Gasteiger partial charge in [0.25, 0.3) is 0 Å². The van der Waals surface area contributed by atoms with Crippen molar-refractivity contribution < 1.29 is 9.53 Å². The molecule has 3 spiro atoms. The van der Waals surface area contributed by atoms with E-state index in [0.717, 1.165) is 12.8 Å². The van der Waals surface area contributed by atoms with Gasteiger partial charge in [0.05, 0.1) is 18.6 Å². The van der Waals surface area contributed by atoms with E-state index in [2.05, 4.69) is 54.1 Å². The van der Waals surface area contributed by atoms with Crippen molar-refractivity contribution in [1.82, 2.24) is 5.32 Å². The number of carbonyl (C=O) groups is 1. The Kier molecular flexibility index (Phi) is 2.31. The second-order valence-corrected chi connectivity index (χ2v) is 8.75. The van der Waals surface area contributed by atoms with Gasteiger partial charge in [0.2, 0.25) is 0 Å². The van der Waals surface area contributed by atoms with Gasteiger partial charge in [-0.3, -0.25) is 4.79 Å². The van der Waals surface area contributed by atoms with Crippen LogP contribution in [-0.2, 0) is 14.9 Å². The van der Waals surface area contributed by atoms with Crippen molar-refractivity contribution >= 4 is 11.7 Å². The number of nitrogens with one attached hydrogen (secondary N) is 2. The summed E-state index contributed by atoms with van der Waals surface area (Å²) < 4.78 is 5.30. The molecule has 3 saturated carbocycles. The minimum Gasteiger partial charge on any atom is -0.469 e. The van der Waals surface area contributed by atoms with Crippen LogP contribution in [0.5, 0.6) is 0 Å². The Morgan fingerprint density at radius 1 is 1.32 bits per heavy atom. The molecule has 3 aliphatic carbocycles. The summed E-state index contributed by atoms with van der Waals surface area (Å²) in [6.07, 6.45) is 7.77. The first-order valence-electron chi connectivity index (χ1n) is 9.51. The van der Waals surface area contributed by atoms with Crippen molar-refractivity contribution in [2.45, 2.75) is 43.2 Å². The molecule has 1 aromatic carbocycles. The molecule has 25 heavy (non-hydrogen) atoms. The summed E-state index contributed by atoms with van der Waals surface area (Å²) in [4.78, 5) is 12.9. The van der Waals surface area contributed by atoms with E-state index in [9.17, 15) is 4.79 Å². The van der Waals surface area contributed by atoms with Gasteiger partial charge in [0.1, 0.15) is 0 Å². The molecule has 0 unspecified atom stereocenters. The lowest BCUT2D eigenvalue weighted by atomic mass is 9.55. The van der Waals surface area contributed by atoms with Gasteiger partial charge in [-0.1, -0.05) is 31.2 Å². The smallest absolute Gasteiger partial charge is 0.311 e.